The van der Waals surface area contributed by atoms with Gasteiger partial charge < -0.3 is 19.5 Å². The highest BCUT2D eigenvalue weighted by Crippen LogP contribution is 2.21. The fourth-order valence-electron chi connectivity index (χ4n) is 2.15. The van der Waals surface area contributed by atoms with Crippen LogP contribution < -0.4 is 14.8 Å². The summed E-state index contributed by atoms with van der Waals surface area (Å²) in [4.78, 5) is 0. The number of hydrogen-bond acceptors (Lipinski definition) is 4. The molecule has 2 aromatic rings. The smallest absolute Gasteiger partial charge is 0.124 e. The second-order valence-electron chi connectivity index (χ2n) is 5.49. The number of hydrogen-bond donors (Lipinski definition) is 1. The molecule has 0 bridgehead atoms. The van der Waals surface area contributed by atoms with Crippen LogP contribution in [-0.4, -0.2) is 26.4 Å². The van der Waals surface area contributed by atoms with E-state index in [1.165, 1.54) is 0 Å². The SMILES string of the molecule is COCCOc1ccccc1CNc1ccc(OC(C)C)cc1. The molecule has 0 aliphatic carbocycles. The van der Waals surface area contributed by atoms with Gasteiger partial charge in [-0.1, -0.05) is 18.2 Å². The van der Waals surface area contributed by atoms with Crippen LogP contribution in [0.4, 0.5) is 5.69 Å². The van der Waals surface area contributed by atoms with Crippen molar-refractivity contribution < 1.29 is 14.2 Å². The first-order valence-electron chi connectivity index (χ1n) is 7.89. The Kier molecular flexibility index (Phi) is 6.76. The molecule has 4 heteroatoms. The molecule has 2 rings (SSSR count). The van der Waals surface area contributed by atoms with E-state index >= 15 is 0 Å². The third kappa shape index (κ3) is 5.83. The molecular formula is C19H25NO3. The average molecular weight is 315 g/mol. The molecule has 23 heavy (non-hydrogen) atoms. The summed E-state index contributed by atoms with van der Waals surface area (Å²) in [6.45, 7) is 5.88. The minimum atomic E-state index is 0.185. The van der Waals surface area contributed by atoms with Crippen LogP contribution in [0.2, 0.25) is 0 Å². The van der Waals surface area contributed by atoms with Crippen LogP contribution in [-0.2, 0) is 11.3 Å². The second kappa shape index (κ2) is 9.06. The number of methoxy groups -OCH3 is 1. The molecule has 0 aliphatic heterocycles. The van der Waals surface area contributed by atoms with Gasteiger partial charge in [0.2, 0.25) is 0 Å². The molecule has 0 saturated heterocycles. The summed E-state index contributed by atoms with van der Waals surface area (Å²) in [5, 5.41) is 3.41. The van der Waals surface area contributed by atoms with Gasteiger partial charge in [-0.15, -0.1) is 0 Å². The highest BCUT2D eigenvalue weighted by molar-refractivity contribution is 5.48. The molecule has 0 spiro atoms. The van der Waals surface area contributed by atoms with Gasteiger partial charge in [-0.25, -0.2) is 0 Å². The quantitative estimate of drug-likeness (QED) is 0.707. The summed E-state index contributed by atoms with van der Waals surface area (Å²) in [5.41, 5.74) is 2.17. The van der Waals surface area contributed by atoms with Crippen LogP contribution in [0, 0.1) is 0 Å². The topological polar surface area (TPSA) is 39.7 Å². The van der Waals surface area contributed by atoms with Gasteiger partial charge in [-0.2, -0.15) is 0 Å². The molecule has 0 amide bonds. The van der Waals surface area contributed by atoms with E-state index < -0.39 is 0 Å². The fraction of sp³-hybridized carbons (Fsp3) is 0.368. The summed E-state index contributed by atoms with van der Waals surface area (Å²) in [5.74, 6) is 1.77. The van der Waals surface area contributed by atoms with E-state index in [9.17, 15) is 0 Å². The van der Waals surface area contributed by atoms with Crippen molar-refractivity contribution in [1.29, 1.82) is 0 Å². The highest BCUT2D eigenvalue weighted by atomic mass is 16.5. The normalized spacial score (nSPS) is 10.6. The summed E-state index contributed by atoms with van der Waals surface area (Å²) in [6.07, 6.45) is 0.185. The van der Waals surface area contributed by atoms with Gasteiger partial charge in [0.05, 0.1) is 12.7 Å². The Balaban J connectivity index is 1.92. The van der Waals surface area contributed by atoms with Crippen molar-refractivity contribution in [3.8, 4) is 11.5 Å². The van der Waals surface area contributed by atoms with Crippen molar-refractivity contribution in [3.05, 3.63) is 54.1 Å². The van der Waals surface area contributed by atoms with Crippen LogP contribution >= 0.6 is 0 Å². The van der Waals surface area contributed by atoms with Crippen LogP contribution in [0.5, 0.6) is 11.5 Å². The Morgan fingerprint density at radius 2 is 1.70 bits per heavy atom. The number of ether oxygens (including phenoxy) is 3. The molecule has 0 aromatic heterocycles. The van der Waals surface area contributed by atoms with E-state index in [2.05, 4.69) is 11.4 Å². The monoisotopic (exact) mass is 315 g/mol. The van der Waals surface area contributed by atoms with Gasteiger partial charge in [-0.05, 0) is 44.2 Å². The Bertz CT molecular complexity index is 581. The van der Waals surface area contributed by atoms with Crippen molar-refractivity contribution in [2.24, 2.45) is 0 Å². The van der Waals surface area contributed by atoms with Crippen LogP contribution in [0.1, 0.15) is 19.4 Å². The molecule has 2 aromatic carbocycles. The zero-order valence-corrected chi connectivity index (χ0v) is 14.0. The number of nitrogens with one attached hydrogen (secondary N) is 1. The molecule has 0 saturated carbocycles. The van der Waals surface area contributed by atoms with E-state index in [0.29, 0.717) is 19.8 Å². The molecule has 124 valence electrons. The molecule has 1 N–H and O–H groups in total. The van der Waals surface area contributed by atoms with Gasteiger partial charge in [0.1, 0.15) is 18.1 Å². The lowest BCUT2D eigenvalue weighted by Gasteiger charge is -2.13. The predicted molar refractivity (Wildman–Crippen MR) is 93.3 cm³/mol. The molecule has 0 radical (unpaired) electrons. The van der Waals surface area contributed by atoms with Gasteiger partial charge in [0.25, 0.3) is 0 Å². The predicted octanol–water partition coefficient (Wildman–Crippen LogP) is 4.11. The summed E-state index contributed by atoms with van der Waals surface area (Å²) < 4.78 is 16.4. The Morgan fingerprint density at radius 1 is 0.957 bits per heavy atom. The number of para-hydroxylation sites is 1. The Hall–Kier alpha value is -2.20. The van der Waals surface area contributed by atoms with Crippen LogP contribution in [0.25, 0.3) is 0 Å². The molecule has 0 atom stereocenters. The lowest BCUT2D eigenvalue weighted by molar-refractivity contribution is 0.146. The van der Waals surface area contributed by atoms with Crippen molar-refractivity contribution in [3.63, 3.8) is 0 Å². The van der Waals surface area contributed by atoms with Gasteiger partial charge in [-0.3, -0.25) is 0 Å². The van der Waals surface area contributed by atoms with E-state index in [0.717, 1.165) is 22.7 Å². The van der Waals surface area contributed by atoms with Crippen molar-refractivity contribution in [2.45, 2.75) is 26.5 Å². The summed E-state index contributed by atoms with van der Waals surface area (Å²) >= 11 is 0. The van der Waals surface area contributed by atoms with E-state index in [4.69, 9.17) is 14.2 Å². The van der Waals surface area contributed by atoms with Crippen LogP contribution in [0.3, 0.4) is 0 Å². The molecule has 0 aliphatic rings. The first kappa shape index (κ1) is 17.2. The minimum absolute atomic E-state index is 0.185. The number of benzene rings is 2. The maximum atomic E-state index is 5.74. The maximum absolute atomic E-state index is 5.74. The van der Waals surface area contributed by atoms with Crippen LogP contribution in [0.15, 0.2) is 48.5 Å². The maximum Gasteiger partial charge on any atom is 0.124 e. The minimum Gasteiger partial charge on any atom is -0.491 e. The molecule has 0 unspecified atom stereocenters. The highest BCUT2D eigenvalue weighted by Gasteiger charge is 2.03. The lowest BCUT2D eigenvalue weighted by Crippen LogP contribution is -2.08. The van der Waals surface area contributed by atoms with E-state index in [-0.39, 0.29) is 6.10 Å². The molecule has 4 nitrogen and oxygen atoms in total. The van der Waals surface area contributed by atoms with E-state index in [1.807, 2.05) is 56.3 Å². The zero-order chi connectivity index (χ0) is 16.5. The van der Waals surface area contributed by atoms with Crippen molar-refractivity contribution in [1.82, 2.24) is 0 Å². The Morgan fingerprint density at radius 3 is 2.39 bits per heavy atom. The average Bonchev–Trinajstić information content (AvgIpc) is 2.55. The first-order valence-corrected chi connectivity index (χ1v) is 7.89. The largest absolute Gasteiger partial charge is 0.491 e. The van der Waals surface area contributed by atoms with Gasteiger partial charge in [0, 0.05) is 24.9 Å². The van der Waals surface area contributed by atoms with Gasteiger partial charge in [0.15, 0.2) is 0 Å². The third-order valence-corrected chi connectivity index (χ3v) is 3.23. The van der Waals surface area contributed by atoms with E-state index in [1.54, 1.807) is 7.11 Å². The number of rotatable bonds is 9. The molecule has 0 fully saturated rings. The third-order valence-electron chi connectivity index (χ3n) is 3.23. The molecular weight excluding hydrogens is 290 g/mol. The summed E-state index contributed by atoms with van der Waals surface area (Å²) in [6, 6.07) is 16.0. The summed E-state index contributed by atoms with van der Waals surface area (Å²) in [7, 11) is 1.67. The Labute approximate surface area is 138 Å². The second-order valence-corrected chi connectivity index (χ2v) is 5.49. The van der Waals surface area contributed by atoms with Crippen molar-refractivity contribution >= 4 is 5.69 Å². The number of anilines is 1. The van der Waals surface area contributed by atoms with Gasteiger partial charge >= 0.3 is 0 Å². The lowest BCUT2D eigenvalue weighted by atomic mass is 10.2. The standard InChI is InChI=1S/C19H25NO3/c1-15(2)23-18-10-8-17(9-11-18)20-14-16-6-4-5-7-19(16)22-13-12-21-3/h4-11,15,20H,12-14H2,1-3H3. The zero-order valence-electron chi connectivity index (χ0n) is 14.0. The first-order chi connectivity index (χ1) is 11.2. The fourth-order valence-corrected chi connectivity index (χ4v) is 2.15. The molecule has 0 heterocycles. The van der Waals surface area contributed by atoms with Crippen molar-refractivity contribution in [2.75, 3.05) is 25.6 Å².